The highest BCUT2D eigenvalue weighted by atomic mass is 16.6. The minimum Gasteiger partial charge on any atom is -0.466 e. The van der Waals surface area contributed by atoms with E-state index in [0.29, 0.717) is 52.4 Å². The number of ether oxygens (including phenoxy) is 12. The van der Waals surface area contributed by atoms with E-state index in [-0.39, 0.29) is 112 Å². The summed E-state index contributed by atoms with van der Waals surface area (Å²) in [6, 6.07) is -2.90. The maximum atomic E-state index is 12.3. The highest BCUT2D eigenvalue weighted by Crippen LogP contribution is 2.08. The molecule has 6 atom stereocenters. The zero-order chi connectivity index (χ0) is 92.2. The number of nitrogens with one attached hydrogen (secondary N) is 4. The molecule has 0 radical (unpaired) electrons. The van der Waals surface area contributed by atoms with Crippen molar-refractivity contribution in [3.8, 4) is 0 Å². The predicted molar refractivity (Wildman–Crippen MR) is 429 cm³/mol. The first-order valence-corrected chi connectivity index (χ1v) is 37.0. The Labute approximate surface area is 692 Å². The maximum Gasteiger partial charge on any atom is 0.331 e. The lowest BCUT2D eigenvalue weighted by Crippen LogP contribution is -2.48. The van der Waals surface area contributed by atoms with E-state index in [4.69, 9.17) is 28.4 Å². The van der Waals surface area contributed by atoms with Crippen LogP contribution in [-0.4, -0.2) is 360 Å². The minimum atomic E-state index is -0.675. The molecule has 118 heavy (non-hydrogen) atoms. The fourth-order valence-corrected chi connectivity index (χ4v) is 7.58. The van der Waals surface area contributed by atoms with Crippen LogP contribution in [0.5, 0.6) is 0 Å². The summed E-state index contributed by atoms with van der Waals surface area (Å²) in [6.07, 6.45) is 11.7. The van der Waals surface area contributed by atoms with Gasteiger partial charge in [0.15, 0.2) is 0 Å². The molecule has 0 saturated carbocycles. The maximum absolute atomic E-state index is 12.3. The van der Waals surface area contributed by atoms with Crippen LogP contribution in [0.1, 0.15) is 96.9 Å². The van der Waals surface area contributed by atoms with Gasteiger partial charge in [-0.15, -0.1) is 0 Å². The number of hydrogen-bond acceptors (Lipinski definition) is 30. The lowest BCUT2D eigenvalue weighted by Gasteiger charge is -2.32. The van der Waals surface area contributed by atoms with Gasteiger partial charge in [-0.25, -0.2) is 86.3 Å². The van der Waals surface area contributed by atoms with Crippen molar-refractivity contribution in [2.45, 2.75) is 133 Å². The van der Waals surface area contributed by atoms with Crippen LogP contribution >= 0.6 is 0 Å². The molecule has 0 heterocycles. The Morgan fingerprint density at radius 3 is 0.763 bits per heavy atom. The van der Waals surface area contributed by atoms with Crippen LogP contribution in [0.25, 0.3) is 0 Å². The Bertz CT molecular complexity index is 3280. The van der Waals surface area contributed by atoms with Gasteiger partial charge in [-0.1, -0.05) is 0 Å². The molecule has 0 spiro atoms. The zero-order valence-electron chi connectivity index (χ0n) is 73.1. The molecule has 0 aliphatic rings. The highest BCUT2D eigenvalue weighted by Gasteiger charge is 2.25. The summed E-state index contributed by atoms with van der Waals surface area (Å²) in [4.78, 5) is 215. The number of urea groups is 6. The minimum absolute atomic E-state index is 0.0178. The number of rotatable bonds is 38. The SMILES string of the molecule is CCN(CC)C(=O)N(CC)C(C)COC(=O)/C=C/C(=O)OC.CCN(CC)C(=O)NC(C)COC(=O)/C=C/C(=O)OC.CCNC(=O)N(C)C(C)COC(=O)/C=C/C(=O)OC.CCNC(=O)N(CC)C(C)COC(=O)/C=C/C(=O)OC.COC(=O)/C=C/C(=O)OCC(C)N(C)C(=O)N(C)C.COC(=O)/C=C/C(=O)OCC(C)NC(=O)N(C)C. The first kappa shape index (κ1) is 117. The van der Waals surface area contributed by atoms with Crippen LogP contribution in [0.4, 0.5) is 28.8 Å². The van der Waals surface area contributed by atoms with E-state index >= 15 is 0 Å². The number of amides is 12. The Morgan fingerprint density at radius 1 is 0.263 bits per heavy atom. The van der Waals surface area contributed by atoms with Crippen LogP contribution < -0.4 is 21.3 Å². The molecule has 6 unspecified atom stereocenters. The lowest BCUT2D eigenvalue weighted by molar-refractivity contribution is -0.140. The van der Waals surface area contributed by atoms with Crippen molar-refractivity contribution in [3.05, 3.63) is 72.9 Å². The molecule has 4 N–H and O–H groups in total. The van der Waals surface area contributed by atoms with Crippen LogP contribution in [0.15, 0.2) is 72.9 Å². The van der Waals surface area contributed by atoms with Gasteiger partial charge < -0.3 is 117 Å². The number of hydrogen-bond donors (Lipinski definition) is 4. The molecule has 0 aromatic heterocycles. The largest absolute Gasteiger partial charge is 0.466 e. The van der Waals surface area contributed by atoms with E-state index in [1.165, 1.54) is 62.3 Å². The monoisotopic (exact) mass is 1690 g/mol. The second kappa shape index (κ2) is 71.3. The molecule has 0 aromatic rings. The molecule has 0 saturated heterocycles. The molecule has 672 valence electrons. The zero-order valence-corrected chi connectivity index (χ0v) is 73.1. The molecule has 12 amide bonds. The van der Waals surface area contributed by atoms with Gasteiger partial charge in [0.05, 0.1) is 78.9 Å². The summed E-state index contributed by atoms with van der Waals surface area (Å²) in [6.45, 7) is 30.2. The molecular formula is C76H128N12O30. The summed E-state index contributed by atoms with van der Waals surface area (Å²) in [5.74, 6) is -7.78. The van der Waals surface area contributed by atoms with Crippen LogP contribution in [0.3, 0.4) is 0 Å². The number of methoxy groups -OCH3 is 6. The fraction of sp³-hybridized carbons (Fsp3) is 0.605. The number of carbonyl (C=O) groups is 18. The smallest absolute Gasteiger partial charge is 0.331 e. The quantitative estimate of drug-likeness (QED) is 0.0391. The predicted octanol–water partition coefficient (Wildman–Crippen LogP) is 3.32. The van der Waals surface area contributed by atoms with E-state index in [9.17, 15) is 86.3 Å². The normalized spacial score (nSPS) is 11.8. The van der Waals surface area contributed by atoms with Gasteiger partial charge in [0.25, 0.3) is 0 Å². The van der Waals surface area contributed by atoms with Gasteiger partial charge in [0, 0.05) is 168 Å². The molecule has 0 aliphatic carbocycles. The summed E-state index contributed by atoms with van der Waals surface area (Å²) in [5, 5.41) is 10.6. The van der Waals surface area contributed by atoms with Gasteiger partial charge >= 0.3 is 108 Å². The highest BCUT2D eigenvalue weighted by molar-refractivity contribution is 5.95. The van der Waals surface area contributed by atoms with E-state index in [2.05, 4.69) is 49.7 Å². The summed E-state index contributed by atoms with van der Waals surface area (Å²) in [5.41, 5.74) is 0. The number of esters is 12. The van der Waals surface area contributed by atoms with E-state index in [1.807, 2.05) is 62.3 Å². The molecule has 0 rings (SSSR count). The third-order valence-electron chi connectivity index (χ3n) is 14.6. The summed E-state index contributed by atoms with van der Waals surface area (Å²) >= 11 is 0. The third kappa shape index (κ3) is 61.2. The van der Waals surface area contributed by atoms with Gasteiger partial charge in [0.1, 0.15) is 39.6 Å². The first-order chi connectivity index (χ1) is 55.4. The van der Waals surface area contributed by atoms with E-state index in [1.54, 1.807) is 96.5 Å². The number of likely N-dealkylation sites (N-methyl/N-ethyl adjacent to an activating group) is 4. The van der Waals surface area contributed by atoms with E-state index in [0.717, 1.165) is 72.9 Å². The third-order valence-corrected chi connectivity index (χ3v) is 14.6. The van der Waals surface area contributed by atoms with Gasteiger partial charge in [0.2, 0.25) is 0 Å². The number of nitrogens with zero attached hydrogens (tertiary/aromatic N) is 8. The van der Waals surface area contributed by atoms with Crippen molar-refractivity contribution >= 4 is 108 Å². The van der Waals surface area contributed by atoms with Crippen molar-refractivity contribution in [2.24, 2.45) is 0 Å². The molecule has 0 bridgehead atoms. The summed E-state index contributed by atoms with van der Waals surface area (Å²) < 4.78 is 55.5. The Kier molecular flexibility index (Phi) is 70.4. The first-order valence-electron chi connectivity index (χ1n) is 37.0. The van der Waals surface area contributed by atoms with Gasteiger partial charge in [-0.3, -0.25) is 0 Å². The van der Waals surface area contributed by atoms with Crippen LogP contribution in [0.2, 0.25) is 0 Å². The standard InChI is InChI=1S/C15H26N2O5.2C13H22N2O5.2C12H20N2O5.C11H18N2O5/c1-6-16(7-2)15(20)17(8-3)12(4)11-22-14(19)10-9-13(18)21-5;1-5-15(6-2)13(18)14-10(3)9-20-12(17)8-7-11(16)19-4;1-5-14-13(18)15(6-2)10(3)9-20-12(17)8-7-11(16)19-4;1-9(14(4)12(17)13(2)3)8-19-11(16)7-6-10(15)18-5;1-5-13-12(17)14(3)9(2)8-19-11(16)7-6-10(15)18-4;1-8(12-11(16)13(2)3)7-18-10(15)6-5-9(14)17-4/h9-10,12H,6-8,11H2,1-5H3;2*7-8,10H,5-6,9H2,1-4H3,(H,14,18);6-7,9H,8H2,1-5H3;6-7,9H,5,8H2,1-4H3,(H,13,17);5-6,8H,7H2,1-4H3,(H,12,16)/b10-9+;2*8-7+;2*7-6+;6-5+. The average molecular weight is 1690 g/mol. The molecule has 0 fully saturated rings. The average Bonchev–Trinajstić information content (AvgIpc) is 0.877. The second-order valence-corrected chi connectivity index (χ2v) is 24.2. The topological polar surface area (TPSA) is 492 Å². The Morgan fingerprint density at radius 2 is 0.508 bits per heavy atom. The summed E-state index contributed by atoms with van der Waals surface area (Å²) in [7, 11) is 17.0. The Hall–Kier alpha value is -12.3. The van der Waals surface area contributed by atoms with Crippen molar-refractivity contribution in [3.63, 3.8) is 0 Å². The second-order valence-electron chi connectivity index (χ2n) is 24.2. The molecule has 0 aliphatic heterocycles. The molecule has 0 aromatic carbocycles. The van der Waals surface area contributed by atoms with Gasteiger partial charge in [-0.05, 0) is 96.9 Å². The van der Waals surface area contributed by atoms with Crippen molar-refractivity contribution < 1.29 is 143 Å². The van der Waals surface area contributed by atoms with Crippen molar-refractivity contribution in [1.82, 2.24) is 60.5 Å². The number of carbonyl (C=O) groups excluding carboxylic acids is 18. The van der Waals surface area contributed by atoms with Crippen molar-refractivity contribution in [1.29, 1.82) is 0 Å². The molecular weight excluding hydrogens is 1560 g/mol. The molecule has 42 nitrogen and oxygen atoms in total. The fourth-order valence-electron chi connectivity index (χ4n) is 7.58. The van der Waals surface area contributed by atoms with Gasteiger partial charge in [-0.2, -0.15) is 0 Å². The van der Waals surface area contributed by atoms with Crippen LogP contribution in [0, 0.1) is 0 Å². The van der Waals surface area contributed by atoms with E-state index < -0.39 is 71.6 Å². The van der Waals surface area contributed by atoms with Crippen LogP contribution in [-0.2, 0) is 114 Å². The molecule has 42 heteroatoms. The lowest BCUT2D eigenvalue weighted by atomic mass is 10.3. The van der Waals surface area contributed by atoms with Crippen molar-refractivity contribution in [2.75, 3.05) is 177 Å². The Balaban J connectivity index is -0.000000319.